The quantitative estimate of drug-likeness (QED) is 0.822. The minimum absolute atomic E-state index is 0.0204. The summed E-state index contributed by atoms with van der Waals surface area (Å²) in [5.41, 5.74) is 0.675. The number of piperidine rings is 1. The fraction of sp³-hybridized carbons (Fsp3) is 0.600. The highest BCUT2D eigenvalue weighted by atomic mass is 32.2. The maximum Gasteiger partial charge on any atom is 0.322 e. The Morgan fingerprint density at radius 3 is 2.62 bits per heavy atom. The van der Waals surface area contributed by atoms with Gasteiger partial charge in [0.05, 0.1) is 6.26 Å². The lowest BCUT2D eigenvalue weighted by Gasteiger charge is -2.29. The van der Waals surface area contributed by atoms with Crippen LogP contribution in [0.2, 0.25) is 0 Å². The first-order valence-electron chi connectivity index (χ1n) is 8.39. The first kappa shape index (κ1) is 18.5. The Labute approximate surface area is 151 Å². The van der Waals surface area contributed by atoms with Crippen LogP contribution in [0, 0.1) is 5.92 Å². The highest BCUT2D eigenvalue weighted by Gasteiger charge is 2.29. The number of hydrogen-bond donors (Lipinski definition) is 1. The molecule has 0 bridgehead atoms. The molecule has 2 aromatic heterocycles. The molecule has 0 unspecified atom stereocenters. The molecule has 0 aromatic carbocycles. The lowest BCUT2D eigenvalue weighted by molar-refractivity contribution is -0.121. The third kappa shape index (κ3) is 3.93. The molecule has 2 aromatic rings. The molecule has 0 spiro atoms. The number of anilines is 1. The van der Waals surface area contributed by atoms with E-state index in [1.165, 1.54) is 10.6 Å². The Morgan fingerprint density at radius 1 is 1.31 bits per heavy atom. The largest absolute Gasteiger partial charge is 0.401 e. The molecule has 0 aliphatic carbocycles. The van der Waals surface area contributed by atoms with E-state index in [0.717, 1.165) is 0 Å². The number of sulfonamides is 1. The van der Waals surface area contributed by atoms with Gasteiger partial charge in [0.1, 0.15) is 5.69 Å². The van der Waals surface area contributed by atoms with Crippen LogP contribution in [0.4, 0.5) is 6.01 Å². The summed E-state index contributed by atoms with van der Waals surface area (Å²) in [6, 6.07) is 1.91. The normalized spacial score (nSPS) is 16.9. The first-order chi connectivity index (χ1) is 12.3. The Kier molecular flexibility index (Phi) is 5.10. The highest BCUT2D eigenvalue weighted by Crippen LogP contribution is 2.24. The van der Waals surface area contributed by atoms with Crippen LogP contribution in [0.5, 0.6) is 0 Å². The van der Waals surface area contributed by atoms with Gasteiger partial charge in [-0.1, -0.05) is 5.10 Å². The van der Waals surface area contributed by atoms with Crippen LogP contribution in [0.3, 0.4) is 0 Å². The Hall–Kier alpha value is -2.27. The van der Waals surface area contributed by atoms with Crippen molar-refractivity contribution >= 4 is 21.9 Å². The zero-order valence-electron chi connectivity index (χ0n) is 14.9. The SMILES string of the molecule is CC(C)n1nccc1-c1nnc(NC(=O)C2CCN(S(C)(=O)=O)CC2)o1. The molecule has 10 nitrogen and oxygen atoms in total. The Morgan fingerprint density at radius 2 is 2.00 bits per heavy atom. The van der Waals surface area contributed by atoms with E-state index >= 15 is 0 Å². The average molecular weight is 382 g/mol. The zero-order valence-corrected chi connectivity index (χ0v) is 15.7. The van der Waals surface area contributed by atoms with Gasteiger partial charge in [0.2, 0.25) is 15.9 Å². The summed E-state index contributed by atoms with van der Waals surface area (Å²) in [5, 5.41) is 14.7. The van der Waals surface area contributed by atoms with E-state index in [9.17, 15) is 13.2 Å². The average Bonchev–Trinajstić information content (AvgIpc) is 3.22. The number of hydrogen-bond acceptors (Lipinski definition) is 7. The van der Waals surface area contributed by atoms with E-state index in [0.29, 0.717) is 31.6 Å². The zero-order chi connectivity index (χ0) is 18.9. The van der Waals surface area contributed by atoms with E-state index in [1.54, 1.807) is 16.9 Å². The number of carbonyl (C=O) groups is 1. The third-order valence-electron chi connectivity index (χ3n) is 4.33. The van der Waals surface area contributed by atoms with Crippen molar-refractivity contribution in [2.24, 2.45) is 5.92 Å². The van der Waals surface area contributed by atoms with E-state index in [2.05, 4.69) is 20.6 Å². The monoisotopic (exact) mass is 382 g/mol. The molecule has 1 N–H and O–H groups in total. The van der Waals surface area contributed by atoms with E-state index < -0.39 is 10.0 Å². The van der Waals surface area contributed by atoms with E-state index in [1.807, 2.05) is 13.8 Å². The number of amides is 1. The number of aromatic nitrogens is 4. The lowest BCUT2D eigenvalue weighted by Crippen LogP contribution is -2.40. The van der Waals surface area contributed by atoms with E-state index in [-0.39, 0.29) is 29.8 Å². The van der Waals surface area contributed by atoms with Crippen LogP contribution in [0.1, 0.15) is 32.7 Å². The number of rotatable bonds is 5. The molecule has 0 radical (unpaired) electrons. The minimum atomic E-state index is -3.21. The van der Waals surface area contributed by atoms with Gasteiger partial charge in [-0.05, 0) is 32.8 Å². The van der Waals surface area contributed by atoms with Crippen LogP contribution in [0.25, 0.3) is 11.6 Å². The molecule has 3 rings (SSSR count). The first-order valence-corrected chi connectivity index (χ1v) is 10.2. The molecule has 26 heavy (non-hydrogen) atoms. The number of nitrogens with zero attached hydrogens (tertiary/aromatic N) is 5. The lowest BCUT2D eigenvalue weighted by atomic mass is 9.97. The molecule has 1 aliphatic rings. The van der Waals surface area contributed by atoms with Crippen molar-refractivity contribution < 1.29 is 17.6 Å². The molecule has 1 amide bonds. The van der Waals surface area contributed by atoms with E-state index in [4.69, 9.17) is 4.42 Å². The second kappa shape index (κ2) is 7.16. The molecule has 11 heteroatoms. The second-order valence-corrected chi connectivity index (χ2v) is 8.58. The molecular weight excluding hydrogens is 360 g/mol. The van der Waals surface area contributed by atoms with Crippen molar-refractivity contribution in [3.8, 4) is 11.6 Å². The van der Waals surface area contributed by atoms with Crippen LogP contribution in [-0.2, 0) is 14.8 Å². The fourth-order valence-electron chi connectivity index (χ4n) is 2.93. The fourth-order valence-corrected chi connectivity index (χ4v) is 3.80. The maximum atomic E-state index is 12.4. The summed E-state index contributed by atoms with van der Waals surface area (Å²) in [4.78, 5) is 12.4. The van der Waals surface area contributed by atoms with Gasteiger partial charge in [0.25, 0.3) is 5.89 Å². The Balaban J connectivity index is 1.63. The highest BCUT2D eigenvalue weighted by molar-refractivity contribution is 7.88. The second-order valence-electron chi connectivity index (χ2n) is 6.59. The molecule has 0 atom stereocenters. The summed E-state index contributed by atoms with van der Waals surface area (Å²) in [5.74, 6) is -0.256. The number of carbonyl (C=O) groups excluding carboxylic acids is 1. The molecular formula is C15H22N6O4S. The molecule has 142 valence electrons. The van der Waals surface area contributed by atoms with Crippen molar-refractivity contribution in [1.29, 1.82) is 0 Å². The number of nitrogens with one attached hydrogen (secondary N) is 1. The van der Waals surface area contributed by atoms with Gasteiger partial charge < -0.3 is 4.42 Å². The summed E-state index contributed by atoms with van der Waals surface area (Å²) in [6.45, 7) is 4.63. The van der Waals surface area contributed by atoms with Crippen LogP contribution in [-0.4, -0.2) is 58.0 Å². The minimum Gasteiger partial charge on any atom is -0.401 e. The van der Waals surface area contributed by atoms with Crippen molar-refractivity contribution in [3.63, 3.8) is 0 Å². The van der Waals surface area contributed by atoms with Gasteiger partial charge >= 0.3 is 6.01 Å². The summed E-state index contributed by atoms with van der Waals surface area (Å²) in [7, 11) is -3.21. The molecule has 1 saturated heterocycles. The van der Waals surface area contributed by atoms with Gasteiger partial charge in [-0.2, -0.15) is 5.10 Å². The van der Waals surface area contributed by atoms with Crippen molar-refractivity contribution in [2.45, 2.75) is 32.7 Å². The summed E-state index contributed by atoms with van der Waals surface area (Å²) >= 11 is 0. The topological polar surface area (TPSA) is 123 Å². The van der Waals surface area contributed by atoms with Gasteiger partial charge in [0, 0.05) is 31.2 Å². The molecule has 0 saturated carbocycles. The summed E-state index contributed by atoms with van der Waals surface area (Å²) < 4.78 is 31.7. The summed E-state index contributed by atoms with van der Waals surface area (Å²) in [6.07, 6.45) is 3.74. The van der Waals surface area contributed by atoms with Gasteiger partial charge in [-0.15, -0.1) is 5.10 Å². The molecule has 1 aliphatic heterocycles. The van der Waals surface area contributed by atoms with Gasteiger partial charge in [-0.3, -0.25) is 14.8 Å². The van der Waals surface area contributed by atoms with Crippen molar-refractivity contribution in [2.75, 3.05) is 24.7 Å². The van der Waals surface area contributed by atoms with Crippen molar-refractivity contribution in [1.82, 2.24) is 24.3 Å². The standard InChI is InChI=1S/C15H22N6O4S/c1-10(2)21-12(4-7-16-21)14-18-19-15(25-14)17-13(22)11-5-8-20(9-6-11)26(3,23)24/h4,7,10-11H,5-6,8-9H2,1-3H3,(H,17,19,22). The smallest absolute Gasteiger partial charge is 0.322 e. The predicted molar refractivity (Wildman–Crippen MR) is 93.7 cm³/mol. The van der Waals surface area contributed by atoms with Crippen LogP contribution in [0.15, 0.2) is 16.7 Å². The maximum absolute atomic E-state index is 12.4. The van der Waals surface area contributed by atoms with Crippen LogP contribution >= 0.6 is 0 Å². The van der Waals surface area contributed by atoms with Crippen LogP contribution < -0.4 is 5.32 Å². The van der Waals surface area contributed by atoms with Gasteiger partial charge in [0.15, 0.2) is 0 Å². The third-order valence-corrected chi connectivity index (χ3v) is 5.63. The molecule has 3 heterocycles. The Bertz CT molecular complexity index is 880. The molecule has 1 fully saturated rings. The van der Waals surface area contributed by atoms with Crippen molar-refractivity contribution in [3.05, 3.63) is 12.3 Å². The van der Waals surface area contributed by atoms with Gasteiger partial charge in [-0.25, -0.2) is 12.7 Å². The predicted octanol–water partition coefficient (Wildman–Crippen LogP) is 1.12.